The number of nitrogens with two attached hydrogens (primary N) is 1. The molecular formula is C20H25N5O2S. The minimum Gasteiger partial charge on any atom is -0.410 e. The Morgan fingerprint density at radius 3 is 2.89 bits per heavy atom. The van der Waals surface area contributed by atoms with Gasteiger partial charge in [-0.3, -0.25) is 0 Å². The van der Waals surface area contributed by atoms with Crippen molar-refractivity contribution >= 4 is 28.9 Å². The summed E-state index contributed by atoms with van der Waals surface area (Å²) >= 11 is 1.62. The van der Waals surface area contributed by atoms with Gasteiger partial charge in [0.2, 0.25) is 0 Å². The maximum Gasteiger partial charge on any atom is 0.412 e. The zero-order valence-electron chi connectivity index (χ0n) is 16.0. The molecule has 28 heavy (non-hydrogen) atoms. The third-order valence-electron chi connectivity index (χ3n) is 5.16. The second kappa shape index (κ2) is 8.18. The van der Waals surface area contributed by atoms with Gasteiger partial charge in [-0.05, 0) is 31.4 Å². The van der Waals surface area contributed by atoms with E-state index in [1.807, 2.05) is 19.1 Å². The van der Waals surface area contributed by atoms with E-state index in [4.69, 9.17) is 10.5 Å². The van der Waals surface area contributed by atoms with Gasteiger partial charge in [0.05, 0.1) is 4.88 Å². The van der Waals surface area contributed by atoms with Crippen LogP contribution in [0, 0.1) is 12.8 Å². The van der Waals surface area contributed by atoms with Gasteiger partial charge < -0.3 is 15.8 Å². The first-order valence-electron chi connectivity index (χ1n) is 9.77. The highest BCUT2D eigenvalue weighted by Gasteiger charge is 2.15. The zero-order chi connectivity index (χ0) is 19.5. The average Bonchev–Trinajstić information content (AvgIpc) is 3.29. The normalized spacial score (nSPS) is 15.0. The van der Waals surface area contributed by atoms with Gasteiger partial charge in [0.1, 0.15) is 11.6 Å². The topological polar surface area (TPSA) is 94.5 Å². The van der Waals surface area contributed by atoms with Crippen molar-refractivity contribution in [1.82, 2.24) is 19.9 Å². The molecule has 0 spiro atoms. The van der Waals surface area contributed by atoms with E-state index >= 15 is 0 Å². The zero-order valence-corrected chi connectivity index (χ0v) is 16.8. The fourth-order valence-electron chi connectivity index (χ4n) is 3.70. The Morgan fingerprint density at radius 1 is 1.32 bits per heavy atom. The van der Waals surface area contributed by atoms with E-state index in [1.54, 1.807) is 28.0 Å². The van der Waals surface area contributed by atoms with Gasteiger partial charge in [0.15, 0.2) is 11.5 Å². The van der Waals surface area contributed by atoms with Crippen molar-refractivity contribution in [3.05, 3.63) is 29.1 Å². The van der Waals surface area contributed by atoms with E-state index < -0.39 is 6.09 Å². The molecule has 4 rings (SSSR count). The third kappa shape index (κ3) is 4.27. The van der Waals surface area contributed by atoms with Gasteiger partial charge in [0, 0.05) is 23.6 Å². The van der Waals surface area contributed by atoms with Crippen LogP contribution in [0.25, 0.3) is 16.3 Å². The Bertz CT molecular complexity index is 974. The van der Waals surface area contributed by atoms with E-state index in [2.05, 4.69) is 15.4 Å². The van der Waals surface area contributed by atoms with E-state index in [1.165, 1.54) is 37.0 Å². The summed E-state index contributed by atoms with van der Waals surface area (Å²) < 4.78 is 6.96. The SMILES string of the molecule is Cc1ccc(-c2nc3cc(OC(=O)NCCC4CCCCC4)cc(N)n3n2)s1. The molecule has 0 unspecified atom stereocenters. The van der Waals surface area contributed by atoms with Crippen LogP contribution in [-0.2, 0) is 0 Å². The first-order valence-corrected chi connectivity index (χ1v) is 10.6. The highest BCUT2D eigenvalue weighted by atomic mass is 32.1. The number of rotatable bonds is 5. The van der Waals surface area contributed by atoms with Crippen LogP contribution >= 0.6 is 11.3 Å². The number of carbonyl (C=O) groups is 1. The summed E-state index contributed by atoms with van der Waals surface area (Å²) in [7, 11) is 0. The average molecular weight is 400 g/mol. The highest BCUT2D eigenvalue weighted by Crippen LogP contribution is 2.28. The molecule has 3 N–H and O–H groups in total. The number of hydrogen-bond acceptors (Lipinski definition) is 6. The fraction of sp³-hybridized carbons (Fsp3) is 0.450. The maximum atomic E-state index is 12.1. The number of amides is 1. The predicted molar refractivity (Wildman–Crippen MR) is 111 cm³/mol. The number of fused-ring (bicyclic) bond motifs is 1. The number of aryl methyl sites for hydroxylation is 1. The van der Waals surface area contributed by atoms with E-state index in [0.29, 0.717) is 29.6 Å². The lowest BCUT2D eigenvalue weighted by atomic mass is 9.87. The number of carbonyl (C=O) groups excluding carboxylic acids is 1. The van der Waals surface area contributed by atoms with Crippen LogP contribution in [0.1, 0.15) is 43.4 Å². The van der Waals surface area contributed by atoms with Gasteiger partial charge in [-0.1, -0.05) is 32.1 Å². The Hall–Kier alpha value is -2.61. The highest BCUT2D eigenvalue weighted by molar-refractivity contribution is 7.15. The molecule has 3 heterocycles. The largest absolute Gasteiger partial charge is 0.412 e. The number of nitrogen functional groups attached to an aromatic ring is 1. The summed E-state index contributed by atoms with van der Waals surface area (Å²) in [5.41, 5.74) is 6.63. The molecule has 3 aromatic heterocycles. The first-order chi connectivity index (χ1) is 13.6. The number of pyridine rings is 1. The number of nitrogens with one attached hydrogen (secondary N) is 1. The Labute approximate surface area is 167 Å². The van der Waals surface area contributed by atoms with Crippen molar-refractivity contribution in [2.75, 3.05) is 12.3 Å². The lowest BCUT2D eigenvalue weighted by molar-refractivity contribution is 0.199. The minimum absolute atomic E-state index is 0.362. The molecule has 1 aliphatic rings. The van der Waals surface area contributed by atoms with Crippen molar-refractivity contribution in [3.63, 3.8) is 0 Å². The standard InChI is InChI=1S/C20H25N5O2S/c1-13-7-8-16(28-13)19-23-18-12-15(11-17(21)25(18)24-19)27-20(26)22-10-9-14-5-3-2-4-6-14/h7-8,11-12,14H,2-6,9-10,21H2,1H3,(H,22,26). The Kier molecular flexibility index (Phi) is 5.47. The van der Waals surface area contributed by atoms with Crippen LogP contribution in [-0.4, -0.2) is 27.2 Å². The smallest absolute Gasteiger partial charge is 0.410 e. The van der Waals surface area contributed by atoms with Gasteiger partial charge in [-0.25, -0.2) is 9.78 Å². The molecule has 0 aromatic carbocycles. The maximum absolute atomic E-state index is 12.1. The third-order valence-corrected chi connectivity index (χ3v) is 6.15. The molecule has 148 valence electrons. The van der Waals surface area contributed by atoms with Gasteiger partial charge in [-0.15, -0.1) is 16.4 Å². The summed E-state index contributed by atoms with van der Waals surface area (Å²) in [5.74, 6) is 2.06. The van der Waals surface area contributed by atoms with Crippen molar-refractivity contribution in [1.29, 1.82) is 0 Å². The quantitative estimate of drug-likeness (QED) is 0.663. The number of aromatic nitrogens is 3. The second-order valence-corrected chi connectivity index (χ2v) is 8.63. The van der Waals surface area contributed by atoms with Gasteiger partial charge >= 0.3 is 6.09 Å². The van der Waals surface area contributed by atoms with Crippen LogP contribution in [0.5, 0.6) is 5.75 Å². The number of thiophene rings is 1. The summed E-state index contributed by atoms with van der Waals surface area (Å²) in [6.45, 7) is 2.67. The molecule has 1 aliphatic carbocycles. The molecule has 3 aromatic rings. The molecule has 0 bridgehead atoms. The van der Waals surface area contributed by atoms with Crippen LogP contribution in [0.3, 0.4) is 0 Å². The molecule has 7 nitrogen and oxygen atoms in total. The Morgan fingerprint density at radius 2 is 2.14 bits per heavy atom. The number of ether oxygens (including phenoxy) is 1. The van der Waals surface area contributed by atoms with Gasteiger partial charge in [0.25, 0.3) is 0 Å². The van der Waals surface area contributed by atoms with Crippen molar-refractivity contribution in [3.8, 4) is 16.5 Å². The fourth-order valence-corrected chi connectivity index (χ4v) is 4.50. The van der Waals surface area contributed by atoms with E-state index in [9.17, 15) is 4.79 Å². The molecule has 8 heteroatoms. The van der Waals surface area contributed by atoms with E-state index in [-0.39, 0.29) is 0 Å². The van der Waals surface area contributed by atoms with Crippen LogP contribution in [0.2, 0.25) is 0 Å². The minimum atomic E-state index is -0.465. The molecule has 0 aliphatic heterocycles. The van der Waals surface area contributed by atoms with Crippen LogP contribution in [0.4, 0.5) is 10.6 Å². The summed E-state index contributed by atoms with van der Waals surface area (Å²) in [6, 6.07) is 7.28. The van der Waals surface area contributed by atoms with Crippen LogP contribution < -0.4 is 15.8 Å². The Balaban J connectivity index is 1.40. The summed E-state index contributed by atoms with van der Waals surface area (Å²) in [6.07, 6.45) is 7.02. The summed E-state index contributed by atoms with van der Waals surface area (Å²) in [5, 5.41) is 7.29. The van der Waals surface area contributed by atoms with Gasteiger partial charge in [-0.2, -0.15) is 4.52 Å². The molecule has 1 amide bonds. The molecule has 0 saturated heterocycles. The van der Waals surface area contributed by atoms with Crippen LogP contribution in [0.15, 0.2) is 24.3 Å². The lowest BCUT2D eigenvalue weighted by Crippen LogP contribution is -2.29. The number of hydrogen-bond donors (Lipinski definition) is 2. The van der Waals surface area contributed by atoms with Crippen molar-refractivity contribution in [2.45, 2.75) is 45.4 Å². The predicted octanol–water partition coefficient (Wildman–Crippen LogP) is 4.41. The van der Waals surface area contributed by atoms with Crippen molar-refractivity contribution in [2.24, 2.45) is 5.92 Å². The molecule has 0 radical (unpaired) electrons. The van der Waals surface area contributed by atoms with Crippen molar-refractivity contribution < 1.29 is 9.53 Å². The van der Waals surface area contributed by atoms with E-state index in [0.717, 1.165) is 17.2 Å². The molecule has 1 fully saturated rings. The second-order valence-electron chi connectivity index (χ2n) is 7.34. The molecule has 0 atom stereocenters. The first kappa shape index (κ1) is 18.7. The number of anilines is 1. The lowest BCUT2D eigenvalue weighted by Gasteiger charge is -2.21. The number of nitrogens with zero attached hydrogens (tertiary/aromatic N) is 3. The molecular weight excluding hydrogens is 374 g/mol. The molecule has 1 saturated carbocycles. The summed E-state index contributed by atoms with van der Waals surface area (Å²) in [4.78, 5) is 18.8. The monoisotopic (exact) mass is 399 g/mol.